The fourth-order valence-corrected chi connectivity index (χ4v) is 2.59. The summed E-state index contributed by atoms with van der Waals surface area (Å²) in [5, 5.41) is 14.3. The van der Waals surface area contributed by atoms with Crippen molar-refractivity contribution < 1.29 is 9.66 Å². The number of nitro groups is 1. The predicted molar refractivity (Wildman–Crippen MR) is 79.1 cm³/mol. The summed E-state index contributed by atoms with van der Waals surface area (Å²) in [5.41, 5.74) is 0.780. The molecule has 1 aromatic rings. The normalized spacial score (nSPS) is 10.4. The van der Waals surface area contributed by atoms with Gasteiger partial charge in [-0.15, -0.1) is 11.8 Å². The zero-order valence-electron chi connectivity index (χ0n) is 11.3. The highest BCUT2D eigenvalue weighted by Gasteiger charge is 2.19. The van der Waals surface area contributed by atoms with E-state index in [1.807, 2.05) is 13.0 Å². The Morgan fingerprint density at radius 2 is 2.26 bits per heavy atom. The molecular weight excluding hydrogens is 264 g/mol. The molecule has 0 aliphatic heterocycles. The summed E-state index contributed by atoms with van der Waals surface area (Å²) < 4.78 is 4.97. The molecule has 0 radical (unpaired) electrons. The maximum Gasteiger partial charge on any atom is 0.305 e. The first kappa shape index (κ1) is 15.8. The molecule has 0 amide bonds. The number of hydrogen-bond acceptors (Lipinski definition) is 5. The van der Waals surface area contributed by atoms with Crippen LogP contribution in [0.25, 0.3) is 0 Å². The molecule has 5 nitrogen and oxygen atoms in total. The van der Waals surface area contributed by atoms with E-state index >= 15 is 0 Å². The summed E-state index contributed by atoms with van der Waals surface area (Å²) in [4.78, 5) is 11.6. The van der Waals surface area contributed by atoms with Crippen LogP contribution in [0.15, 0.2) is 23.1 Å². The summed E-state index contributed by atoms with van der Waals surface area (Å²) in [6, 6.07) is 5.41. The highest BCUT2D eigenvalue weighted by atomic mass is 32.2. The molecule has 0 aliphatic rings. The Morgan fingerprint density at radius 3 is 2.89 bits per heavy atom. The lowest BCUT2D eigenvalue weighted by Crippen LogP contribution is -2.04. The van der Waals surface area contributed by atoms with Crippen molar-refractivity contribution in [1.82, 2.24) is 0 Å². The highest BCUT2D eigenvalue weighted by Crippen LogP contribution is 2.35. The maximum absolute atomic E-state index is 11.2. The van der Waals surface area contributed by atoms with E-state index < -0.39 is 0 Å². The van der Waals surface area contributed by atoms with Gasteiger partial charge in [-0.3, -0.25) is 10.1 Å². The van der Waals surface area contributed by atoms with Gasteiger partial charge in [0, 0.05) is 26.0 Å². The minimum absolute atomic E-state index is 0.179. The smallest absolute Gasteiger partial charge is 0.305 e. The average Bonchev–Trinajstić information content (AvgIpc) is 2.41. The number of anilines is 1. The number of hydrogen-bond donors (Lipinski definition) is 1. The van der Waals surface area contributed by atoms with E-state index in [1.165, 1.54) is 11.8 Å². The average molecular weight is 284 g/mol. The first-order valence-electron chi connectivity index (χ1n) is 6.33. The van der Waals surface area contributed by atoms with Crippen LogP contribution in [-0.4, -0.2) is 30.9 Å². The van der Waals surface area contributed by atoms with Gasteiger partial charge in [0.25, 0.3) is 0 Å². The molecule has 0 atom stereocenters. The molecule has 19 heavy (non-hydrogen) atoms. The molecule has 0 bridgehead atoms. The van der Waals surface area contributed by atoms with E-state index in [1.54, 1.807) is 19.2 Å². The molecule has 1 N–H and O–H groups in total. The number of nitrogens with one attached hydrogen (secondary N) is 1. The van der Waals surface area contributed by atoms with Gasteiger partial charge in [-0.1, -0.05) is 13.0 Å². The standard InChI is InChI=1S/C13H20N2O3S/c1-3-8-14-11-6-4-7-12(13(11)15(16)17)19-10-5-9-18-2/h4,6-7,14H,3,5,8-10H2,1-2H3. The maximum atomic E-state index is 11.2. The van der Waals surface area contributed by atoms with Gasteiger partial charge in [-0.25, -0.2) is 0 Å². The Balaban J connectivity index is 2.80. The van der Waals surface area contributed by atoms with Gasteiger partial charge in [-0.05, 0) is 25.0 Å². The van der Waals surface area contributed by atoms with Crippen LogP contribution in [0, 0.1) is 10.1 Å². The number of rotatable bonds is 9. The van der Waals surface area contributed by atoms with Crippen molar-refractivity contribution in [3.63, 3.8) is 0 Å². The number of ether oxygens (including phenoxy) is 1. The van der Waals surface area contributed by atoms with Crippen molar-refractivity contribution in [1.29, 1.82) is 0 Å². The molecule has 0 spiro atoms. The molecule has 0 heterocycles. The largest absolute Gasteiger partial charge is 0.385 e. The molecular formula is C13H20N2O3S. The van der Waals surface area contributed by atoms with Crippen molar-refractivity contribution in [2.24, 2.45) is 0 Å². The van der Waals surface area contributed by atoms with Crippen LogP contribution < -0.4 is 5.32 Å². The second kappa shape index (κ2) is 8.77. The van der Waals surface area contributed by atoms with Crippen molar-refractivity contribution >= 4 is 23.1 Å². The fraction of sp³-hybridized carbons (Fsp3) is 0.538. The van der Waals surface area contributed by atoms with Crippen molar-refractivity contribution in [2.75, 3.05) is 31.3 Å². The lowest BCUT2D eigenvalue weighted by Gasteiger charge is -2.09. The third kappa shape index (κ3) is 5.08. The van der Waals surface area contributed by atoms with Crippen LogP contribution in [0.5, 0.6) is 0 Å². The lowest BCUT2D eigenvalue weighted by atomic mass is 10.2. The van der Waals surface area contributed by atoms with E-state index in [9.17, 15) is 10.1 Å². The molecule has 0 saturated heterocycles. The summed E-state index contributed by atoms with van der Waals surface area (Å²) >= 11 is 1.50. The quantitative estimate of drug-likeness (QED) is 0.325. The lowest BCUT2D eigenvalue weighted by molar-refractivity contribution is -0.386. The number of nitrogens with zero attached hydrogens (tertiary/aromatic N) is 1. The molecule has 1 rings (SSSR count). The Morgan fingerprint density at radius 1 is 1.47 bits per heavy atom. The van der Waals surface area contributed by atoms with E-state index in [2.05, 4.69) is 5.32 Å². The van der Waals surface area contributed by atoms with Crippen molar-refractivity contribution in [2.45, 2.75) is 24.7 Å². The van der Waals surface area contributed by atoms with Crippen molar-refractivity contribution in [3.05, 3.63) is 28.3 Å². The predicted octanol–water partition coefficient (Wildman–Crippen LogP) is 3.55. The van der Waals surface area contributed by atoms with Gasteiger partial charge in [0.05, 0.1) is 9.82 Å². The molecule has 0 aliphatic carbocycles. The topological polar surface area (TPSA) is 64.4 Å². The monoisotopic (exact) mass is 284 g/mol. The second-order valence-electron chi connectivity index (χ2n) is 4.03. The van der Waals surface area contributed by atoms with Crippen LogP contribution in [0.3, 0.4) is 0 Å². The summed E-state index contributed by atoms with van der Waals surface area (Å²) in [6.45, 7) is 3.44. The Kier molecular flexibility index (Phi) is 7.28. The molecule has 106 valence electrons. The SMILES string of the molecule is CCCNc1cccc(SCCCOC)c1[N+](=O)[O-]. The summed E-state index contributed by atoms with van der Waals surface area (Å²) in [6.07, 6.45) is 1.81. The fourth-order valence-electron chi connectivity index (χ4n) is 1.61. The molecule has 0 fully saturated rings. The number of nitro benzene ring substituents is 1. The van der Waals surface area contributed by atoms with Gasteiger partial charge >= 0.3 is 5.69 Å². The number of methoxy groups -OCH3 is 1. The molecule has 0 unspecified atom stereocenters. The summed E-state index contributed by atoms with van der Waals surface area (Å²) in [5.74, 6) is 0.811. The minimum Gasteiger partial charge on any atom is -0.385 e. The number of para-hydroxylation sites is 1. The van der Waals surface area contributed by atoms with E-state index in [0.29, 0.717) is 17.2 Å². The van der Waals surface area contributed by atoms with Gasteiger partial charge in [0.1, 0.15) is 5.69 Å². The summed E-state index contributed by atoms with van der Waals surface area (Å²) in [7, 11) is 1.66. The number of benzene rings is 1. The third-order valence-electron chi connectivity index (χ3n) is 2.50. The van der Waals surface area contributed by atoms with Crippen LogP contribution in [0.4, 0.5) is 11.4 Å². The second-order valence-corrected chi connectivity index (χ2v) is 5.17. The van der Waals surface area contributed by atoms with Gasteiger partial charge in [0.15, 0.2) is 0 Å². The van der Waals surface area contributed by atoms with Crippen LogP contribution >= 0.6 is 11.8 Å². The van der Waals surface area contributed by atoms with Crippen LogP contribution in [0.1, 0.15) is 19.8 Å². The Hall–Kier alpha value is -1.27. The van der Waals surface area contributed by atoms with Crippen molar-refractivity contribution in [3.8, 4) is 0 Å². The highest BCUT2D eigenvalue weighted by molar-refractivity contribution is 7.99. The molecule has 1 aromatic carbocycles. The number of thioether (sulfide) groups is 1. The zero-order valence-corrected chi connectivity index (χ0v) is 12.2. The van der Waals surface area contributed by atoms with Crippen LogP contribution in [-0.2, 0) is 4.74 Å². The zero-order chi connectivity index (χ0) is 14.1. The first-order chi connectivity index (χ1) is 9.20. The Labute approximate surface area is 117 Å². The first-order valence-corrected chi connectivity index (χ1v) is 7.32. The molecule has 0 aromatic heterocycles. The van der Waals surface area contributed by atoms with E-state index in [-0.39, 0.29) is 10.6 Å². The van der Waals surface area contributed by atoms with Gasteiger partial charge in [-0.2, -0.15) is 0 Å². The minimum atomic E-state index is -0.309. The Bertz CT molecular complexity index is 413. The van der Waals surface area contributed by atoms with E-state index in [4.69, 9.17) is 4.74 Å². The van der Waals surface area contributed by atoms with Gasteiger partial charge < -0.3 is 10.1 Å². The van der Waals surface area contributed by atoms with Crippen LogP contribution in [0.2, 0.25) is 0 Å². The van der Waals surface area contributed by atoms with Gasteiger partial charge in [0.2, 0.25) is 0 Å². The molecule has 6 heteroatoms. The third-order valence-corrected chi connectivity index (χ3v) is 3.63. The molecule has 0 saturated carbocycles. The van der Waals surface area contributed by atoms with E-state index in [0.717, 1.165) is 25.1 Å².